The molecule has 0 radical (unpaired) electrons. The molecule has 0 saturated carbocycles. The Morgan fingerprint density at radius 3 is 2.05 bits per heavy atom. The summed E-state index contributed by atoms with van der Waals surface area (Å²) in [5, 5.41) is 4.89. The Hall–Kier alpha value is -1.64. The Bertz CT molecular complexity index is 647. The van der Waals surface area contributed by atoms with Crippen molar-refractivity contribution in [3.05, 3.63) is 76.7 Å². The Morgan fingerprint density at radius 2 is 1.55 bits per heavy atom. The third-order valence-corrected chi connectivity index (χ3v) is 9.75. The van der Waals surface area contributed by atoms with E-state index in [1.165, 1.54) is 5.56 Å². The van der Waals surface area contributed by atoms with Gasteiger partial charge in [0.15, 0.2) is 0 Å². The number of hydrogen-bond donors (Lipinski definition) is 0. The van der Waals surface area contributed by atoms with Gasteiger partial charge in [-0.3, -0.25) is 0 Å². The van der Waals surface area contributed by atoms with Gasteiger partial charge < -0.3 is 4.90 Å². The molecule has 0 aromatic heterocycles. The fraction of sp³-hybridized carbons (Fsp3) is 0.300. The zero-order valence-corrected chi connectivity index (χ0v) is 14.8. The van der Waals surface area contributed by atoms with Gasteiger partial charge in [-0.15, -0.1) is 0 Å². The number of hydrogen-bond acceptors (Lipinski definition) is 1. The minimum absolute atomic E-state index is 1.01. The maximum absolute atomic E-state index is 2.54. The lowest BCUT2D eigenvalue weighted by atomic mass is 10.2. The first kappa shape index (κ1) is 15.3. The molecule has 0 aliphatic heterocycles. The van der Waals surface area contributed by atoms with E-state index in [-0.39, 0.29) is 0 Å². The van der Waals surface area contributed by atoms with Crippen molar-refractivity contribution in [1.29, 1.82) is 0 Å². The molecule has 0 unspecified atom stereocenters. The molecule has 0 heterocycles. The molecule has 3 rings (SSSR count). The van der Waals surface area contributed by atoms with Crippen LogP contribution in [0, 0.1) is 0 Å². The Morgan fingerprint density at radius 1 is 0.955 bits per heavy atom. The summed E-state index contributed by atoms with van der Waals surface area (Å²) in [4.78, 5) is 2.27. The van der Waals surface area contributed by atoms with Gasteiger partial charge >= 0.3 is 0 Å². The van der Waals surface area contributed by atoms with Crippen molar-refractivity contribution in [2.24, 2.45) is 0 Å². The third kappa shape index (κ3) is 2.69. The molecule has 2 aliphatic carbocycles. The molecule has 0 saturated heterocycles. The largest absolute Gasteiger partial charge is 0.305 e. The van der Waals surface area contributed by atoms with Gasteiger partial charge in [0.05, 0.1) is 0 Å². The van der Waals surface area contributed by atoms with E-state index in [0.717, 1.165) is 19.4 Å². The van der Waals surface area contributed by atoms with Crippen molar-refractivity contribution in [2.45, 2.75) is 25.9 Å². The average molecular weight is 308 g/mol. The summed E-state index contributed by atoms with van der Waals surface area (Å²) in [5.74, 6) is 0. The summed E-state index contributed by atoms with van der Waals surface area (Å²) in [6.45, 7) is 3.55. The van der Waals surface area contributed by atoms with Crippen molar-refractivity contribution < 1.29 is 0 Å². The van der Waals surface area contributed by atoms with Crippen LogP contribution in [0.1, 0.15) is 18.4 Å². The Labute approximate surface area is 135 Å². The summed E-state index contributed by atoms with van der Waals surface area (Å²) < 4.78 is 0. The highest BCUT2D eigenvalue weighted by molar-refractivity contribution is 7.02. The molecule has 22 heavy (non-hydrogen) atoms. The third-order valence-electron chi connectivity index (χ3n) is 4.87. The molecule has 0 amide bonds. The van der Waals surface area contributed by atoms with Crippen LogP contribution < -0.4 is 5.19 Å². The van der Waals surface area contributed by atoms with Crippen LogP contribution in [-0.4, -0.2) is 27.1 Å². The van der Waals surface area contributed by atoms with E-state index >= 15 is 0 Å². The molecule has 0 N–H and O–H groups in total. The van der Waals surface area contributed by atoms with Crippen molar-refractivity contribution in [2.75, 3.05) is 14.1 Å². The van der Waals surface area contributed by atoms with Crippen LogP contribution in [0.25, 0.3) is 0 Å². The van der Waals surface area contributed by atoms with E-state index in [2.05, 4.69) is 86.3 Å². The average Bonchev–Trinajstić information content (AvgIpc) is 3.20. The first-order chi connectivity index (χ1) is 10.6. The summed E-state index contributed by atoms with van der Waals surface area (Å²) in [5.41, 5.74) is 1.49. The summed E-state index contributed by atoms with van der Waals surface area (Å²) in [6.07, 6.45) is 16.1. The maximum atomic E-state index is 2.54. The first-order valence-corrected chi connectivity index (χ1v) is 10.6. The molecule has 2 aliphatic rings. The van der Waals surface area contributed by atoms with Gasteiger partial charge in [-0.05, 0) is 37.7 Å². The standard InChI is InChI=1S/C20H25NSi/c1-21(2)16-17-10-4-9-15-20(17)22(3,18-11-5-6-12-18)19-13-7-8-14-19/h4-11,13,15H,12,14,16H2,1-3H3. The van der Waals surface area contributed by atoms with Crippen LogP contribution in [0.2, 0.25) is 6.55 Å². The molecular weight excluding hydrogens is 282 g/mol. The smallest absolute Gasteiger partial charge is 0.138 e. The highest BCUT2D eigenvalue weighted by Crippen LogP contribution is 2.34. The molecule has 2 heteroatoms. The lowest BCUT2D eigenvalue weighted by Gasteiger charge is -2.34. The van der Waals surface area contributed by atoms with E-state index in [1.807, 2.05) is 0 Å². The van der Waals surface area contributed by atoms with Crippen molar-refractivity contribution in [1.82, 2.24) is 4.90 Å². The van der Waals surface area contributed by atoms with Gasteiger partial charge in [0.25, 0.3) is 0 Å². The summed E-state index contributed by atoms with van der Waals surface area (Å²) in [6, 6.07) is 9.08. The van der Waals surface area contributed by atoms with Gasteiger partial charge in [0.1, 0.15) is 8.07 Å². The minimum Gasteiger partial charge on any atom is -0.305 e. The highest BCUT2D eigenvalue weighted by Gasteiger charge is 2.39. The van der Waals surface area contributed by atoms with Crippen LogP contribution in [0.3, 0.4) is 0 Å². The monoisotopic (exact) mass is 307 g/mol. The number of benzene rings is 1. The van der Waals surface area contributed by atoms with Crippen LogP contribution >= 0.6 is 0 Å². The van der Waals surface area contributed by atoms with Crippen molar-refractivity contribution in [3.8, 4) is 0 Å². The fourth-order valence-electron chi connectivity index (χ4n) is 3.67. The molecule has 0 bridgehead atoms. The van der Waals surface area contributed by atoms with Gasteiger partial charge in [0.2, 0.25) is 0 Å². The molecule has 1 aromatic carbocycles. The molecule has 0 fully saturated rings. The van der Waals surface area contributed by atoms with Crippen LogP contribution in [-0.2, 0) is 6.54 Å². The zero-order chi connectivity index (χ0) is 15.6. The zero-order valence-electron chi connectivity index (χ0n) is 13.8. The number of allylic oxidation sites excluding steroid dienone is 8. The minimum atomic E-state index is -1.80. The van der Waals surface area contributed by atoms with Crippen LogP contribution in [0.15, 0.2) is 71.1 Å². The van der Waals surface area contributed by atoms with Gasteiger partial charge in [-0.25, -0.2) is 0 Å². The van der Waals surface area contributed by atoms with Crippen LogP contribution in [0.5, 0.6) is 0 Å². The second kappa shape index (κ2) is 6.23. The Balaban J connectivity index is 2.11. The molecule has 114 valence electrons. The topological polar surface area (TPSA) is 3.24 Å². The van der Waals surface area contributed by atoms with E-state index in [4.69, 9.17) is 0 Å². The number of nitrogens with zero attached hydrogens (tertiary/aromatic N) is 1. The van der Waals surface area contributed by atoms with Crippen LogP contribution in [0.4, 0.5) is 0 Å². The van der Waals surface area contributed by atoms with E-state index in [0.29, 0.717) is 0 Å². The molecule has 0 atom stereocenters. The predicted molar refractivity (Wildman–Crippen MR) is 98.8 cm³/mol. The second-order valence-corrected chi connectivity index (χ2v) is 10.7. The SMILES string of the molecule is CN(C)Cc1ccccc1[Si](C)(C1=CC=CC1)C1=CC=CC1. The lowest BCUT2D eigenvalue weighted by molar-refractivity contribution is 0.403. The van der Waals surface area contributed by atoms with E-state index in [9.17, 15) is 0 Å². The normalized spacial score (nSPS) is 17.3. The van der Waals surface area contributed by atoms with E-state index < -0.39 is 8.07 Å². The fourth-order valence-corrected chi connectivity index (χ4v) is 7.92. The molecular formula is C20H25NSi. The highest BCUT2D eigenvalue weighted by atomic mass is 28.3. The molecule has 0 spiro atoms. The maximum Gasteiger partial charge on any atom is 0.138 e. The molecule has 1 nitrogen and oxygen atoms in total. The summed E-state index contributed by atoms with van der Waals surface area (Å²) >= 11 is 0. The summed E-state index contributed by atoms with van der Waals surface area (Å²) in [7, 11) is 2.51. The lowest BCUT2D eigenvalue weighted by Crippen LogP contribution is -2.51. The van der Waals surface area contributed by atoms with Gasteiger partial charge in [-0.2, -0.15) is 0 Å². The first-order valence-electron chi connectivity index (χ1n) is 8.08. The van der Waals surface area contributed by atoms with Crippen molar-refractivity contribution >= 4 is 13.3 Å². The Kier molecular flexibility index (Phi) is 4.32. The second-order valence-electron chi connectivity index (χ2n) is 6.67. The van der Waals surface area contributed by atoms with Gasteiger partial charge in [-0.1, -0.05) is 77.7 Å². The number of rotatable bonds is 5. The quantitative estimate of drug-likeness (QED) is 0.746. The predicted octanol–water partition coefficient (Wildman–Crippen LogP) is 3.88. The van der Waals surface area contributed by atoms with Gasteiger partial charge in [0, 0.05) is 6.54 Å². The molecule has 1 aromatic rings. The van der Waals surface area contributed by atoms with Crippen molar-refractivity contribution in [3.63, 3.8) is 0 Å². The van der Waals surface area contributed by atoms with E-state index in [1.54, 1.807) is 15.6 Å².